The van der Waals surface area contributed by atoms with Crippen LogP contribution in [0.5, 0.6) is 0 Å². The first kappa shape index (κ1) is 10.0. The van der Waals surface area contributed by atoms with E-state index in [9.17, 15) is 0 Å². The number of hydrogen-bond acceptors (Lipinski definition) is 2. The predicted molar refractivity (Wildman–Crippen MR) is 61.1 cm³/mol. The van der Waals surface area contributed by atoms with Crippen LogP contribution in [0.25, 0.3) is 0 Å². The van der Waals surface area contributed by atoms with Crippen LogP contribution in [0.15, 0.2) is 4.47 Å². The Balaban J connectivity index is 2.26. The molecule has 1 saturated carbocycles. The number of hydrogen-bond donors (Lipinski definition) is 1. The van der Waals surface area contributed by atoms with Gasteiger partial charge in [0.1, 0.15) is 5.82 Å². The number of aryl methyl sites for hydroxylation is 1. The van der Waals surface area contributed by atoms with Crippen molar-refractivity contribution in [2.75, 3.05) is 5.73 Å². The average Bonchev–Trinajstić information content (AvgIpc) is 2.47. The topological polar surface area (TPSA) is 43.8 Å². The lowest BCUT2D eigenvalue weighted by Gasteiger charge is -2.19. The smallest absolute Gasteiger partial charge is 0.136 e. The molecule has 1 aliphatic carbocycles. The van der Waals surface area contributed by atoms with E-state index in [1.165, 1.54) is 32.1 Å². The fourth-order valence-corrected chi connectivity index (χ4v) is 2.83. The lowest BCUT2D eigenvalue weighted by atomic mass is 9.87. The summed E-state index contributed by atoms with van der Waals surface area (Å²) in [5.41, 5.74) is 7.02. The van der Waals surface area contributed by atoms with Crippen molar-refractivity contribution in [3.63, 3.8) is 0 Å². The van der Waals surface area contributed by atoms with Gasteiger partial charge in [-0.25, -0.2) is 0 Å². The Morgan fingerprint density at radius 3 is 2.50 bits per heavy atom. The summed E-state index contributed by atoms with van der Waals surface area (Å²) in [6.45, 7) is 0. The first-order chi connectivity index (χ1) is 6.70. The summed E-state index contributed by atoms with van der Waals surface area (Å²) in [5, 5.41) is 4.48. The van der Waals surface area contributed by atoms with Crippen LogP contribution in [0.4, 0.5) is 5.82 Å². The second-order valence-electron chi connectivity index (χ2n) is 4.04. The zero-order valence-corrected chi connectivity index (χ0v) is 10.0. The maximum absolute atomic E-state index is 5.86. The van der Waals surface area contributed by atoms with Crippen molar-refractivity contribution < 1.29 is 0 Å². The van der Waals surface area contributed by atoms with E-state index in [0.717, 1.165) is 16.0 Å². The molecule has 1 aliphatic rings. The van der Waals surface area contributed by atoms with Crippen molar-refractivity contribution in [2.45, 2.75) is 38.0 Å². The first-order valence-corrected chi connectivity index (χ1v) is 5.97. The van der Waals surface area contributed by atoms with Gasteiger partial charge in [0.15, 0.2) is 0 Å². The van der Waals surface area contributed by atoms with Crippen molar-refractivity contribution in [3.05, 3.63) is 10.2 Å². The van der Waals surface area contributed by atoms with Crippen LogP contribution in [0.1, 0.15) is 43.7 Å². The molecule has 4 heteroatoms. The number of nitrogens with zero attached hydrogens (tertiary/aromatic N) is 2. The lowest BCUT2D eigenvalue weighted by molar-refractivity contribution is 0.433. The van der Waals surface area contributed by atoms with E-state index < -0.39 is 0 Å². The molecule has 1 aromatic rings. The van der Waals surface area contributed by atoms with Crippen molar-refractivity contribution in [2.24, 2.45) is 7.05 Å². The van der Waals surface area contributed by atoms with Gasteiger partial charge in [0.25, 0.3) is 0 Å². The Kier molecular flexibility index (Phi) is 2.81. The third-order valence-electron chi connectivity index (χ3n) is 3.05. The van der Waals surface area contributed by atoms with Gasteiger partial charge in [0, 0.05) is 13.0 Å². The van der Waals surface area contributed by atoms with Gasteiger partial charge in [-0.1, -0.05) is 19.3 Å². The molecule has 0 aliphatic heterocycles. The molecule has 0 bridgehead atoms. The molecule has 0 saturated heterocycles. The monoisotopic (exact) mass is 257 g/mol. The number of anilines is 1. The first-order valence-electron chi connectivity index (χ1n) is 5.18. The molecule has 1 fully saturated rings. The number of aromatic nitrogens is 2. The van der Waals surface area contributed by atoms with Gasteiger partial charge in [0.05, 0.1) is 10.2 Å². The van der Waals surface area contributed by atoms with Gasteiger partial charge in [-0.15, -0.1) is 0 Å². The maximum Gasteiger partial charge on any atom is 0.136 e. The largest absolute Gasteiger partial charge is 0.383 e. The molecule has 0 spiro atoms. The molecule has 78 valence electrons. The predicted octanol–water partition coefficient (Wildman–Crippen LogP) is 2.81. The highest BCUT2D eigenvalue weighted by atomic mass is 79.9. The summed E-state index contributed by atoms with van der Waals surface area (Å²) < 4.78 is 2.76. The van der Waals surface area contributed by atoms with Gasteiger partial charge in [-0.2, -0.15) is 5.10 Å². The van der Waals surface area contributed by atoms with E-state index in [0.29, 0.717) is 5.92 Å². The summed E-state index contributed by atoms with van der Waals surface area (Å²) in [4.78, 5) is 0. The molecule has 2 N–H and O–H groups in total. The normalized spacial score (nSPS) is 18.7. The van der Waals surface area contributed by atoms with Gasteiger partial charge in [0.2, 0.25) is 0 Å². The third kappa shape index (κ3) is 1.67. The van der Waals surface area contributed by atoms with Crippen molar-refractivity contribution in [1.29, 1.82) is 0 Å². The van der Waals surface area contributed by atoms with Crippen LogP contribution in [-0.4, -0.2) is 9.78 Å². The van der Waals surface area contributed by atoms with Gasteiger partial charge in [-0.05, 0) is 28.8 Å². The highest BCUT2D eigenvalue weighted by Gasteiger charge is 2.22. The van der Waals surface area contributed by atoms with Gasteiger partial charge < -0.3 is 5.73 Å². The summed E-state index contributed by atoms with van der Waals surface area (Å²) in [6.07, 6.45) is 6.54. The average molecular weight is 258 g/mol. The van der Waals surface area contributed by atoms with Crippen molar-refractivity contribution in [1.82, 2.24) is 9.78 Å². The fraction of sp³-hybridized carbons (Fsp3) is 0.700. The minimum Gasteiger partial charge on any atom is -0.383 e. The summed E-state index contributed by atoms with van der Waals surface area (Å²) in [6, 6.07) is 0. The number of rotatable bonds is 1. The standard InChI is InChI=1S/C10H16BrN3/c1-14-10(12)8(11)9(13-14)7-5-3-2-4-6-7/h7H,2-6,12H2,1H3. The van der Waals surface area contributed by atoms with E-state index in [2.05, 4.69) is 21.0 Å². The Labute approximate surface area is 92.8 Å². The van der Waals surface area contributed by atoms with Crippen LogP contribution in [0.2, 0.25) is 0 Å². The van der Waals surface area contributed by atoms with Crippen LogP contribution in [0.3, 0.4) is 0 Å². The summed E-state index contributed by atoms with van der Waals surface area (Å²) >= 11 is 3.53. The molecule has 3 nitrogen and oxygen atoms in total. The van der Waals surface area contributed by atoms with Gasteiger partial charge in [-0.3, -0.25) is 4.68 Å². The molecule has 0 unspecified atom stereocenters. The van der Waals surface area contributed by atoms with Crippen LogP contribution in [0, 0.1) is 0 Å². The molecule has 2 rings (SSSR count). The molecular weight excluding hydrogens is 242 g/mol. The zero-order chi connectivity index (χ0) is 10.1. The second-order valence-corrected chi connectivity index (χ2v) is 4.84. The van der Waals surface area contributed by atoms with Crippen LogP contribution in [-0.2, 0) is 7.05 Å². The molecule has 0 amide bonds. The zero-order valence-electron chi connectivity index (χ0n) is 8.46. The molecule has 0 radical (unpaired) electrons. The SMILES string of the molecule is Cn1nc(C2CCCCC2)c(Br)c1N. The van der Waals surface area contributed by atoms with Crippen molar-refractivity contribution >= 4 is 21.7 Å². The second kappa shape index (κ2) is 3.93. The van der Waals surface area contributed by atoms with E-state index in [1.54, 1.807) is 4.68 Å². The lowest BCUT2D eigenvalue weighted by Crippen LogP contribution is -2.06. The molecule has 1 aromatic heterocycles. The fourth-order valence-electron chi connectivity index (χ4n) is 2.17. The molecule has 0 atom stereocenters. The molecule has 14 heavy (non-hydrogen) atoms. The molecule has 1 heterocycles. The minimum atomic E-state index is 0.613. The maximum atomic E-state index is 5.86. The van der Waals surface area contributed by atoms with E-state index >= 15 is 0 Å². The van der Waals surface area contributed by atoms with E-state index in [1.807, 2.05) is 7.05 Å². The summed E-state index contributed by atoms with van der Waals surface area (Å²) in [7, 11) is 1.90. The minimum absolute atomic E-state index is 0.613. The van der Waals surface area contributed by atoms with Crippen LogP contribution < -0.4 is 5.73 Å². The van der Waals surface area contributed by atoms with E-state index in [4.69, 9.17) is 5.73 Å². The third-order valence-corrected chi connectivity index (χ3v) is 3.86. The van der Waals surface area contributed by atoms with E-state index in [-0.39, 0.29) is 0 Å². The Morgan fingerprint density at radius 2 is 2.00 bits per heavy atom. The highest BCUT2D eigenvalue weighted by Crippen LogP contribution is 2.37. The number of nitrogens with two attached hydrogens (primary N) is 1. The van der Waals surface area contributed by atoms with Crippen molar-refractivity contribution in [3.8, 4) is 0 Å². The summed E-state index contributed by atoms with van der Waals surface area (Å²) in [5.74, 6) is 1.35. The Bertz CT molecular complexity index is 326. The number of halogens is 1. The quantitative estimate of drug-likeness (QED) is 0.841. The van der Waals surface area contributed by atoms with Gasteiger partial charge >= 0.3 is 0 Å². The number of nitrogen functional groups attached to an aromatic ring is 1. The Hall–Kier alpha value is -0.510. The Morgan fingerprint density at radius 1 is 1.36 bits per heavy atom. The molecular formula is C10H16BrN3. The van der Waals surface area contributed by atoms with Crippen LogP contribution >= 0.6 is 15.9 Å². The molecule has 0 aromatic carbocycles. The highest BCUT2D eigenvalue weighted by molar-refractivity contribution is 9.10.